The molecule has 3 rings (SSSR count). The summed E-state index contributed by atoms with van der Waals surface area (Å²) in [4.78, 5) is 31.1. The third-order valence-electron chi connectivity index (χ3n) is 4.13. The van der Waals surface area contributed by atoms with Crippen LogP contribution in [0.4, 0.5) is 0 Å². The van der Waals surface area contributed by atoms with Crippen molar-refractivity contribution < 1.29 is 4.79 Å². The first-order valence-electron chi connectivity index (χ1n) is 7.68. The molecule has 0 aliphatic carbocycles. The van der Waals surface area contributed by atoms with Crippen molar-refractivity contribution in [1.29, 1.82) is 0 Å². The van der Waals surface area contributed by atoms with E-state index in [1.54, 1.807) is 27.7 Å². The predicted octanol–water partition coefficient (Wildman–Crippen LogP) is 0.764. The van der Waals surface area contributed by atoms with Gasteiger partial charge < -0.3 is 10.6 Å². The number of carbonyl (C=O) groups is 1. The second-order valence-electron chi connectivity index (χ2n) is 5.49. The number of benzene rings is 1. The maximum absolute atomic E-state index is 12.5. The molecule has 2 aromatic rings. The number of amides is 1. The van der Waals surface area contributed by atoms with Crippen LogP contribution in [0.2, 0.25) is 0 Å². The van der Waals surface area contributed by atoms with Gasteiger partial charge in [0.2, 0.25) is 0 Å². The SMILES string of the molecule is CCN(CCN)C(=O)c1ccc2c(=O)n3c(nc2c1)CCC3. The van der Waals surface area contributed by atoms with Crippen LogP contribution in [0.25, 0.3) is 10.9 Å². The van der Waals surface area contributed by atoms with E-state index in [4.69, 9.17) is 5.73 Å². The molecule has 1 aromatic carbocycles. The van der Waals surface area contributed by atoms with Gasteiger partial charge in [0.1, 0.15) is 5.82 Å². The smallest absolute Gasteiger partial charge is 0.261 e. The van der Waals surface area contributed by atoms with Crippen LogP contribution in [0.1, 0.15) is 29.5 Å². The number of rotatable bonds is 4. The van der Waals surface area contributed by atoms with E-state index >= 15 is 0 Å². The van der Waals surface area contributed by atoms with Crippen LogP contribution in [-0.4, -0.2) is 40.0 Å². The topological polar surface area (TPSA) is 81.2 Å². The van der Waals surface area contributed by atoms with Crippen molar-refractivity contribution >= 4 is 16.8 Å². The van der Waals surface area contributed by atoms with E-state index in [0.717, 1.165) is 25.2 Å². The minimum absolute atomic E-state index is 0.00851. The highest BCUT2D eigenvalue weighted by molar-refractivity contribution is 5.97. The summed E-state index contributed by atoms with van der Waals surface area (Å²) in [6.07, 6.45) is 1.77. The largest absolute Gasteiger partial charge is 0.338 e. The van der Waals surface area contributed by atoms with Crippen molar-refractivity contribution in [2.24, 2.45) is 5.73 Å². The van der Waals surface area contributed by atoms with E-state index in [0.29, 0.717) is 36.1 Å². The van der Waals surface area contributed by atoms with Gasteiger partial charge in [-0.3, -0.25) is 14.2 Å². The predicted molar refractivity (Wildman–Crippen MR) is 85.0 cm³/mol. The normalized spacial score (nSPS) is 13.4. The molecular weight excluding hydrogens is 280 g/mol. The van der Waals surface area contributed by atoms with Gasteiger partial charge in [-0.25, -0.2) is 4.98 Å². The third kappa shape index (κ3) is 2.39. The first-order valence-corrected chi connectivity index (χ1v) is 7.68. The fraction of sp³-hybridized carbons (Fsp3) is 0.438. The van der Waals surface area contributed by atoms with Crippen molar-refractivity contribution in [2.45, 2.75) is 26.3 Å². The molecule has 22 heavy (non-hydrogen) atoms. The van der Waals surface area contributed by atoms with Crippen LogP contribution in [0, 0.1) is 0 Å². The number of carbonyl (C=O) groups excluding carboxylic acids is 1. The second-order valence-corrected chi connectivity index (χ2v) is 5.49. The summed E-state index contributed by atoms with van der Waals surface area (Å²) in [6.45, 7) is 4.21. The number of hydrogen-bond acceptors (Lipinski definition) is 4. The summed E-state index contributed by atoms with van der Waals surface area (Å²) in [7, 11) is 0. The van der Waals surface area contributed by atoms with Crippen LogP contribution < -0.4 is 11.3 Å². The molecule has 0 spiro atoms. The third-order valence-corrected chi connectivity index (χ3v) is 4.13. The fourth-order valence-electron chi connectivity index (χ4n) is 2.96. The lowest BCUT2D eigenvalue weighted by Crippen LogP contribution is -2.35. The maximum Gasteiger partial charge on any atom is 0.261 e. The molecule has 2 heterocycles. The number of fused-ring (bicyclic) bond motifs is 2. The lowest BCUT2D eigenvalue weighted by molar-refractivity contribution is 0.0769. The number of hydrogen-bond donors (Lipinski definition) is 1. The van der Waals surface area contributed by atoms with Crippen LogP contribution in [0.15, 0.2) is 23.0 Å². The molecule has 6 nitrogen and oxygen atoms in total. The van der Waals surface area contributed by atoms with Crippen molar-refractivity contribution in [1.82, 2.24) is 14.5 Å². The quantitative estimate of drug-likeness (QED) is 0.904. The Labute approximate surface area is 128 Å². The standard InChI is InChI=1S/C16H20N4O2/c1-2-19(9-7-17)15(21)11-5-6-12-13(10-11)18-14-4-3-8-20(14)16(12)22/h5-6,10H,2-4,7-9,17H2,1H3. The van der Waals surface area contributed by atoms with Crippen molar-refractivity contribution in [3.63, 3.8) is 0 Å². The van der Waals surface area contributed by atoms with E-state index in [9.17, 15) is 9.59 Å². The van der Waals surface area contributed by atoms with Crippen molar-refractivity contribution in [3.8, 4) is 0 Å². The van der Waals surface area contributed by atoms with E-state index in [1.165, 1.54) is 0 Å². The zero-order valence-electron chi connectivity index (χ0n) is 12.7. The van der Waals surface area contributed by atoms with Gasteiger partial charge in [0.25, 0.3) is 11.5 Å². The molecule has 0 saturated carbocycles. The van der Waals surface area contributed by atoms with E-state index in [2.05, 4.69) is 4.98 Å². The van der Waals surface area contributed by atoms with Crippen LogP contribution in [-0.2, 0) is 13.0 Å². The highest BCUT2D eigenvalue weighted by atomic mass is 16.2. The van der Waals surface area contributed by atoms with Crippen molar-refractivity contribution in [3.05, 3.63) is 39.9 Å². The molecular formula is C16H20N4O2. The molecule has 0 bridgehead atoms. The van der Waals surface area contributed by atoms with Crippen LogP contribution in [0.3, 0.4) is 0 Å². The van der Waals surface area contributed by atoms with Gasteiger partial charge in [-0.1, -0.05) is 0 Å². The van der Waals surface area contributed by atoms with Crippen LogP contribution in [0.5, 0.6) is 0 Å². The Kier molecular flexibility index (Phi) is 3.94. The van der Waals surface area contributed by atoms with E-state index < -0.39 is 0 Å². The maximum atomic E-state index is 12.5. The molecule has 6 heteroatoms. The average molecular weight is 300 g/mol. The minimum atomic E-state index is -0.0720. The molecule has 116 valence electrons. The Balaban J connectivity index is 2.05. The van der Waals surface area contributed by atoms with Crippen molar-refractivity contribution in [2.75, 3.05) is 19.6 Å². The lowest BCUT2D eigenvalue weighted by atomic mass is 10.1. The van der Waals surface area contributed by atoms with E-state index in [1.807, 2.05) is 6.92 Å². The number of nitrogens with zero attached hydrogens (tertiary/aromatic N) is 3. The summed E-state index contributed by atoms with van der Waals surface area (Å²) < 4.78 is 1.73. The molecule has 2 N–H and O–H groups in total. The first kappa shape index (κ1) is 14.7. The summed E-state index contributed by atoms with van der Waals surface area (Å²) in [5.74, 6) is 0.744. The number of aryl methyl sites for hydroxylation is 1. The van der Waals surface area contributed by atoms with Gasteiger partial charge in [0, 0.05) is 38.2 Å². The second kappa shape index (κ2) is 5.88. The monoisotopic (exact) mass is 300 g/mol. The molecule has 0 fully saturated rings. The lowest BCUT2D eigenvalue weighted by Gasteiger charge is -2.20. The Morgan fingerprint density at radius 3 is 3.00 bits per heavy atom. The molecule has 1 aromatic heterocycles. The Morgan fingerprint density at radius 2 is 2.27 bits per heavy atom. The molecule has 1 aliphatic rings. The first-order chi connectivity index (χ1) is 10.7. The minimum Gasteiger partial charge on any atom is -0.338 e. The molecule has 1 amide bonds. The highest BCUT2D eigenvalue weighted by Crippen LogP contribution is 2.17. The van der Waals surface area contributed by atoms with Gasteiger partial charge in [-0.05, 0) is 31.5 Å². The van der Waals surface area contributed by atoms with Gasteiger partial charge >= 0.3 is 0 Å². The van der Waals surface area contributed by atoms with Gasteiger partial charge in [0.15, 0.2) is 0 Å². The summed E-state index contributed by atoms with van der Waals surface area (Å²) in [5.41, 5.74) is 6.69. The number of likely N-dealkylation sites (N-methyl/N-ethyl adjacent to an activating group) is 1. The fourth-order valence-corrected chi connectivity index (χ4v) is 2.96. The average Bonchev–Trinajstić information content (AvgIpc) is 3.00. The Hall–Kier alpha value is -2.21. The van der Waals surface area contributed by atoms with Gasteiger partial charge in [0.05, 0.1) is 10.9 Å². The number of aromatic nitrogens is 2. The Bertz CT molecular complexity index is 782. The molecule has 0 saturated heterocycles. The summed E-state index contributed by atoms with van der Waals surface area (Å²) >= 11 is 0. The highest BCUT2D eigenvalue weighted by Gasteiger charge is 2.18. The summed E-state index contributed by atoms with van der Waals surface area (Å²) in [5, 5.41) is 0.573. The molecule has 0 unspecified atom stereocenters. The Morgan fingerprint density at radius 1 is 1.45 bits per heavy atom. The summed E-state index contributed by atoms with van der Waals surface area (Å²) in [6, 6.07) is 5.13. The van der Waals surface area contributed by atoms with E-state index in [-0.39, 0.29) is 11.5 Å². The van der Waals surface area contributed by atoms with Gasteiger partial charge in [-0.2, -0.15) is 0 Å². The zero-order valence-corrected chi connectivity index (χ0v) is 12.7. The molecule has 0 atom stereocenters. The number of nitrogens with two attached hydrogens (primary N) is 1. The zero-order chi connectivity index (χ0) is 15.7. The molecule has 0 radical (unpaired) electrons. The molecule has 1 aliphatic heterocycles. The van der Waals surface area contributed by atoms with Gasteiger partial charge in [-0.15, -0.1) is 0 Å². The van der Waals surface area contributed by atoms with Crippen LogP contribution >= 0.6 is 0 Å².